The van der Waals surface area contributed by atoms with Crippen LogP contribution < -0.4 is 5.32 Å². The number of hydrogen-bond donors (Lipinski definition) is 1. The molecule has 1 amide bonds. The van der Waals surface area contributed by atoms with E-state index in [1.165, 1.54) is 30.1 Å². The van der Waals surface area contributed by atoms with Gasteiger partial charge in [-0.25, -0.2) is 4.39 Å². The quantitative estimate of drug-likeness (QED) is 0.743. The predicted molar refractivity (Wildman–Crippen MR) is 83.5 cm³/mol. The van der Waals surface area contributed by atoms with E-state index in [1.54, 1.807) is 24.3 Å². The Labute approximate surface area is 136 Å². The van der Waals surface area contributed by atoms with Crippen LogP contribution in [0.25, 0.3) is 5.69 Å². The number of tetrazole rings is 1. The van der Waals surface area contributed by atoms with Crippen molar-refractivity contribution in [3.8, 4) is 5.69 Å². The molecular weight excluding hydrogens is 313 g/mol. The lowest BCUT2D eigenvalue weighted by Crippen LogP contribution is -2.16. The Morgan fingerprint density at radius 1 is 1.17 bits per heavy atom. The van der Waals surface area contributed by atoms with Crippen molar-refractivity contribution in [2.45, 2.75) is 6.92 Å². The number of anilines is 1. The number of aromatic nitrogens is 4. The summed E-state index contributed by atoms with van der Waals surface area (Å²) in [5.41, 5.74) is 1.34. The molecule has 0 atom stereocenters. The number of nitrogens with zero attached hydrogens (tertiary/aromatic N) is 4. The van der Waals surface area contributed by atoms with E-state index in [0.717, 1.165) is 6.07 Å². The first-order chi connectivity index (χ1) is 11.5. The Kier molecular flexibility index (Phi) is 4.11. The number of carbonyl (C=O) groups excluding carboxylic acids is 2. The predicted octanol–water partition coefficient (Wildman–Crippen LogP) is 2.26. The molecule has 1 aromatic heterocycles. The van der Waals surface area contributed by atoms with E-state index in [2.05, 4.69) is 20.8 Å². The van der Waals surface area contributed by atoms with Crippen molar-refractivity contribution < 1.29 is 14.0 Å². The van der Waals surface area contributed by atoms with Gasteiger partial charge in [-0.3, -0.25) is 9.59 Å². The van der Waals surface area contributed by atoms with Crippen LogP contribution in [0.2, 0.25) is 0 Å². The summed E-state index contributed by atoms with van der Waals surface area (Å²) in [6.07, 6.45) is 1.27. The number of Topliss-reactive ketones (excluding diaryl/α,β-unsaturated/α-hetero) is 1. The van der Waals surface area contributed by atoms with E-state index < -0.39 is 11.7 Å². The Morgan fingerprint density at radius 2 is 2.00 bits per heavy atom. The summed E-state index contributed by atoms with van der Waals surface area (Å²) in [7, 11) is 0. The zero-order chi connectivity index (χ0) is 17.1. The number of ketones is 1. The largest absolute Gasteiger partial charge is 0.322 e. The first-order valence-corrected chi connectivity index (χ1v) is 7.00. The van der Waals surface area contributed by atoms with Gasteiger partial charge in [0.2, 0.25) is 0 Å². The van der Waals surface area contributed by atoms with Gasteiger partial charge < -0.3 is 5.32 Å². The van der Waals surface area contributed by atoms with Gasteiger partial charge in [-0.05, 0) is 41.6 Å². The van der Waals surface area contributed by atoms with Crippen molar-refractivity contribution in [2.24, 2.45) is 0 Å². The number of carbonyl (C=O) groups is 2. The van der Waals surface area contributed by atoms with Crippen LogP contribution in [0.15, 0.2) is 48.8 Å². The average Bonchev–Trinajstić information content (AvgIpc) is 3.09. The third-order valence-corrected chi connectivity index (χ3v) is 3.33. The molecule has 0 saturated carbocycles. The highest BCUT2D eigenvalue weighted by molar-refractivity contribution is 6.07. The first kappa shape index (κ1) is 15.5. The van der Waals surface area contributed by atoms with Crippen LogP contribution in [-0.2, 0) is 0 Å². The standard InChI is InChI=1S/C16H12FN5O2/c1-10(23)11-3-2-4-13(7-11)19-16(24)14-6-5-12(17)8-15(14)22-9-18-20-21-22/h2-9H,1H3,(H,19,24). The Bertz CT molecular complexity index is 909. The fourth-order valence-electron chi connectivity index (χ4n) is 2.17. The van der Waals surface area contributed by atoms with E-state index in [-0.39, 0.29) is 17.0 Å². The van der Waals surface area contributed by atoms with Crippen LogP contribution >= 0.6 is 0 Å². The maximum absolute atomic E-state index is 13.5. The zero-order valence-electron chi connectivity index (χ0n) is 12.6. The second-order valence-corrected chi connectivity index (χ2v) is 5.01. The van der Waals surface area contributed by atoms with Gasteiger partial charge >= 0.3 is 0 Å². The highest BCUT2D eigenvalue weighted by Crippen LogP contribution is 2.18. The van der Waals surface area contributed by atoms with Gasteiger partial charge in [0, 0.05) is 17.3 Å². The summed E-state index contributed by atoms with van der Waals surface area (Å²) < 4.78 is 14.7. The van der Waals surface area contributed by atoms with Gasteiger partial charge in [0.15, 0.2) is 5.78 Å². The van der Waals surface area contributed by atoms with Crippen LogP contribution in [-0.4, -0.2) is 31.9 Å². The van der Waals surface area contributed by atoms with Crippen molar-refractivity contribution >= 4 is 17.4 Å². The molecule has 7 nitrogen and oxygen atoms in total. The molecule has 0 saturated heterocycles. The van der Waals surface area contributed by atoms with Crippen LogP contribution in [0.5, 0.6) is 0 Å². The molecule has 0 aliphatic heterocycles. The van der Waals surface area contributed by atoms with Crippen molar-refractivity contribution in [1.29, 1.82) is 0 Å². The third-order valence-electron chi connectivity index (χ3n) is 3.33. The van der Waals surface area contributed by atoms with Gasteiger partial charge in [-0.15, -0.1) is 5.10 Å². The molecule has 24 heavy (non-hydrogen) atoms. The Morgan fingerprint density at radius 3 is 2.71 bits per heavy atom. The molecule has 0 bridgehead atoms. The molecule has 120 valence electrons. The molecule has 0 aliphatic carbocycles. The molecule has 8 heteroatoms. The minimum absolute atomic E-state index is 0.109. The summed E-state index contributed by atoms with van der Waals surface area (Å²) in [5, 5.41) is 13.3. The summed E-state index contributed by atoms with van der Waals surface area (Å²) in [5.74, 6) is -1.10. The Hall–Kier alpha value is -3.42. The smallest absolute Gasteiger partial charge is 0.257 e. The van der Waals surface area contributed by atoms with Gasteiger partial charge in [0.05, 0.1) is 11.3 Å². The molecule has 0 spiro atoms. The summed E-state index contributed by atoms with van der Waals surface area (Å²) in [6.45, 7) is 1.44. The highest BCUT2D eigenvalue weighted by atomic mass is 19.1. The van der Waals surface area contributed by atoms with Gasteiger partial charge in [-0.1, -0.05) is 12.1 Å². The maximum Gasteiger partial charge on any atom is 0.257 e. The molecule has 0 unspecified atom stereocenters. The minimum Gasteiger partial charge on any atom is -0.322 e. The van der Waals surface area contributed by atoms with E-state index in [4.69, 9.17) is 0 Å². The van der Waals surface area contributed by atoms with Crippen LogP contribution in [0.1, 0.15) is 27.6 Å². The van der Waals surface area contributed by atoms with Crippen molar-refractivity contribution in [1.82, 2.24) is 20.2 Å². The molecule has 0 fully saturated rings. The number of rotatable bonds is 4. The average molecular weight is 325 g/mol. The molecule has 0 aliphatic rings. The maximum atomic E-state index is 13.5. The third kappa shape index (κ3) is 3.17. The molecule has 3 aromatic rings. The summed E-state index contributed by atoms with van der Waals surface area (Å²) in [4.78, 5) is 23.9. The van der Waals surface area contributed by atoms with E-state index in [9.17, 15) is 14.0 Å². The molecule has 2 aromatic carbocycles. The monoisotopic (exact) mass is 325 g/mol. The zero-order valence-corrected chi connectivity index (χ0v) is 12.6. The minimum atomic E-state index is -0.518. The summed E-state index contributed by atoms with van der Waals surface area (Å²) in [6, 6.07) is 10.2. The second-order valence-electron chi connectivity index (χ2n) is 5.01. The van der Waals surface area contributed by atoms with Crippen molar-refractivity contribution in [3.05, 3.63) is 65.7 Å². The lowest BCUT2D eigenvalue weighted by atomic mass is 10.1. The molecule has 1 heterocycles. The van der Waals surface area contributed by atoms with Gasteiger partial charge in [-0.2, -0.15) is 4.68 Å². The number of nitrogens with one attached hydrogen (secondary N) is 1. The fourth-order valence-corrected chi connectivity index (χ4v) is 2.17. The fraction of sp³-hybridized carbons (Fsp3) is 0.0625. The van der Waals surface area contributed by atoms with Crippen LogP contribution in [0.3, 0.4) is 0 Å². The van der Waals surface area contributed by atoms with E-state index >= 15 is 0 Å². The number of halogens is 1. The highest BCUT2D eigenvalue weighted by Gasteiger charge is 2.15. The molecule has 0 radical (unpaired) electrons. The Balaban J connectivity index is 1.94. The number of hydrogen-bond acceptors (Lipinski definition) is 5. The van der Waals surface area contributed by atoms with Gasteiger partial charge in [0.25, 0.3) is 5.91 Å². The molecule has 3 rings (SSSR count). The molecule has 1 N–H and O–H groups in total. The first-order valence-electron chi connectivity index (χ1n) is 7.00. The topological polar surface area (TPSA) is 89.8 Å². The second kappa shape index (κ2) is 6.37. The van der Waals surface area contributed by atoms with Crippen LogP contribution in [0.4, 0.5) is 10.1 Å². The lowest BCUT2D eigenvalue weighted by molar-refractivity contribution is 0.101. The van der Waals surface area contributed by atoms with E-state index in [1.807, 2.05) is 0 Å². The molecular formula is C16H12FN5O2. The normalized spacial score (nSPS) is 10.4. The van der Waals surface area contributed by atoms with Crippen molar-refractivity contribution in [3.63, 3.8) is 0 Å². The SMILES string of the molecule is CC(=O)c1cccc(NC(=O)c2ccc(F)cc2-n2cnnn2)c1. The van der Waals surface area contributed by atoms with Crippen molar-refractivity contribution in [2.75, 3.05) is 5.32 Å². The number of benzene rings is 2. The van der Waals surface area contributed by atoms with Gasteiger partial charge in [0.1, 0.15) is 12.1 Å². The lowest BCUT2D eigenvalue weighted by Gasteiger charge is -2.10. The number of amides is 1. The summed E-state index contributed by atoms with van der Waals surface area (Å²) >= 11 is 0. The van der Waals surface area contributed by atoms with Crippen LogP contribution in [0, 0.1) is 5.82 Å². The van der Waals surface area contributed by atoms with E-state index in [0.29, 0.717) is 11.3 Å².